The summed E-state index contributed by atoms with van der Waals surface area (Å²) in [5, 5.41) is 0. The average Bonchev–Trinajstić information content (AvgIpc) is 3.27. The highest BCUT2D eigenvalue weighted by molar-refractivity contribution is 5.79. The molecule has 0 aliphatic carbocycles. The summed E-state index contributed by atoms with van der Waals surface area (Å²) in [4.78, 5) is 30.2. The molecule has 1 atom stereocenters. The Morgan fingerprint density at radius 3 is 2.68 bits per heavy atom. The Bertz CT molecular complexity index is 744. The second-order valence-corrected chi connectivity index (χ2v) is 7.54. The standard InChI is InChI=1S/C21H27N5O2/c27-21(18-5-10-25(11-6-18)20-14-23-8-9-24-20)26(16-19-4-2-12-28-19)15-17-3-1-7-22-13-17/h1,3,7-9,13-14,18-19H,2,4-6,10-12,15-16H2. The highest BCUT2D eigenvalue weighted by Gasteiger charge is 2.31. The third-order valence-electron chi connectivity index (χ3n) is 5.57. The molecule has 0 spiro atoms. The average molecular weight is 381 g/mol. The van der Waals surface area contributed by atoms with Crippen molar-refractivity contribution in [3.63, 3.8) is 0 Å². The van der Waals surface area contributed by atoms with E-state index in [2.05, 4.69) is 19.9 Å². The van der Waals surface area contributed by atoms with Crippen LogP contribution in [0.1, 0.15) is 31.2 Å². The fourth-order valence-electron chi connectivity index (χ4n) is 4.05. The number of hydrogen-bond donors (Lipinski definition) is 0. The van der Waals surface area contributed by atoms with Crippen LogP contribution in [0.25, 0.3) is 0 Å². The molecule has 4 heterocycles. The molecule has 4 rings (SSSR count). The van der Waals surface area contributed by atoms with E-state index in [0.717, 1.165) is 56.8 Å². The number of carbonyl (C=O) groups is 1. The first-order chi connectivity index (χ1) is 13.8. The Hall–Kier alpha value is -2.54. The van der Waals surface area contributed by atoms with E-state index in [-0.39, 0.29) is 17.9 Å². The number of pyridine rings is 1. The Morgan fingerprint density at radius 2 is 2.00 bits per heavy atom. The second kappa shape index (κ2) is 9.10. The second-order valence-electron chi connectivity index (χ2n) is 7.54. The van der Waals surface area contributed by atoms with Crippen LogP contribution in [0.15, 0.2) is 43.1 Å². The van der Waals surface area contributed by atoms with Gasteiger partial charge < -0.3 is 14.5 Å². The molecule has 7 heteroatoms. The highest BCUT2D eigenvalue weighted by Crippen LogP contribution is 2.25. The summed E-state index contributed by atoms with van der Waals surface area (Å²) in [7, 11) is 0. The van der Waals surface area contributed by atoms with Crippen molar-refractivity contribution in [2.24, 2.45) is 5.92 Å². The highest BCUT2D eigenvalue weighted by atomic mass is 16.5. The molecule has 0 saturated carbocycles. The van der Waals surface area contributed by atoms with Crippen molar-refractivity contribution in [3.8, 4) is 0 Å². The van der Waals surface area contributed by atoms with Gasteiger partial charge in [0.05, 0.1) is 12.3 Å². The van der Waals surface area contributed by atoms with E-state index < -0.39 is 0 Å². The molecule has 2 fully saturated rings. The Morgan fingerprint density at radius 1 is 1.14 bits per heavy atom. The van der Waals surface area contributed by atoms with Gasteiger partial charge in [-0.25, -0.2) is 4.98 Å². The van der Waals surface area contributed by atoms with E-state index in [0.29, 0.717) is 13.1 Å². The molecule has 2 saturated heterocycles. The lowest BCUT2D eigenvalue weighted by molar-refractivity contribution is -0.138. The van der Waals surface area contributed by atoms with E-state index in [1.807, 2.05) is 23.2 Å². The molecule has 2 aromatic rings. The number of carbonyl (C=O) groups excluding carboxylic acids is 1. The summed E-state index contributed by atoms with van der Waals surface area (Å²) >= 11 is 0. The van der Waals surface area contributed by atoms with Crippen molar-refractivity contribution in [1.29, 1.82) is 0 Å². The Labute approximate surface area is 165 Å². The summed E-state index contributed by atoms with van der Waals surface area (Å²) in [6.45, 7) is 3.72. The third-order valence-corrected chi connectivity index (χ3v) is 5.57. The molecule has 7 nitrogen and oxygen atoms in total. The van der Waals surface area contributed by atoms with Crippen LogP contribution in [0, 0.1) is 5.92 Å². The lowest BCUT2D eigenvalue weighted by Crippen LogP contribution is -2.44. The van der Waals surface area contributed by atoms with Gasteiger partial charge >= 0.3 is 0 Å². The van der Waals surface area contributed by atoms with Crippen molar-refractivity contribution in [2.75, 3.05) is 31.1 Å². The van der Waals surface area contributed by atoms with Crippen LogP contribution in [-0.4, -0.2) is 58.1 Å². The minimum absolute atomic E-state index is 0.0472. The third kappa shape index (κ3) is 4.65. The van der Waals surface area contributed by atoms with Crippen molar-refractivity contribution >= 4 is 11.7 Å². The number of rotatable bonds is 6. The van der Waals surface area contributed by atoms with Gasteiger partial charge in [0.25, 0.3) is 0 Å². The number of anilines is 1. The monoisotopic (exact) mass is 381 g/mol. The SMILES string of the molecule is O=C(C1CCN(c2cnccn2)CC1)N(Cc1cccnc1)CC1CCCO1. The van der Waals surface area contributed by atoms with Gasteiger partial charge in [-0.3, -0.25) is 14.8 Å². The summed E-state index contributed by atoms with van der Waals surface area (Å²) in [6.07, 6.45) is 12.7. The first-order valence-electron chi connectivity index (χ1n) is 10.1. The van der Waals surface area contributed by atoms with Crippen LogP contribution in [0.3, 0.4) is 0 Å². The van der Waals surface area contributed by atoms with E-state index in [1.54, 1.807) is 24.8 Å². The largest absolute Gasteiger partial charge is 0.376 e. The molecule has 2 aromatic heterocycles. The normalized spacial score (nSPS) is 20.3. The minimum Gasteiger partial charge on any atom is -0.376 e. The van der Waals surface area contributed by atoms with Crippen molar-refractivity contribution in [3.05, 3.63) is 48.7 Å². The van der Waals surface area contributed by atoms with Gasteiger partial charge in [-0.15, -0.1) is 0 Å². The van der Waals surface area contributed by atoms with Gasteiger partial charge in [-0.1, -0.05) is 6.07 Å². The summed E-state index contributed by atoms with van der Waals surface area (Å²) in [5.41, 5.74) is 1.06. The summed E-state index contributed by atoms with van der Waals surface area (Å²) < 4.78 is 5.80. The van der Waals surface area contributed by atoms with Gasteiger partial charge in [-0.2, -0.15) is 0 Å². The molecular weight excluding hydrogens is 354 g/mol. The topological polar surface area (TPSA) is 71.5 Å². The number of piperidine rings is 1. The fourth-order valence-corrected chi connectivity index (χ4v) is 4.05. The molecule has 0 N–H and O–H groups in total. The van der Waals surface area contributed by atoms with E-state index in [1.165, 1.54) is 0 Å². The number of ether oxygens (including phenoxy) is 1. The fraction of sp³-hybridized carbons (Fsp3) is 0.524. The first-order valence-corrected chi connectivity index (χ1v) is 10.1. The number of aromatic nitrogens is 3. The predicted octanol–water partition coefficient (Wildman–Crippen LogP) is 2.30. The Balaban J connectivity index is 1.40. The van der Waals surface area contributed by atoms with Crippen LogP contribution in [-0.2, 0) is 16.1 Å². The number of nitrogens with zero attached hydrogens (tertiary/aromatic N) is 5. The Kier molecular flexibility index (Phi) is 6.11. The predicted molar refractivity (Wildman–Crippen MR) is 106 cm³/mol. The lowest BCUT2D eigenvalue weighted by atomic mass is 9.94. The van der Waals surface area contributed by atoms with Gasteiger partial charge in [0.1, 0.15) is 5.82 Å². The van der Waals surface area contributed by atoms with Crippen LogP contribution in [0.2, 0.25) is 0 Å². The molecule has 0 radical (unpaired) electrons. The van der Waals surface area contributed by atoms with Crippen molar-refractivity contribution in [2.45, 2.75) is 38.3 Å². The molecule has 28 heavy (non-hydrogen) atoms. The molecule has 148 valence electrons. The molecule has 2 aliphatic heterocycles. The molecular formula is C21H27N5O2. The maximum Gasteiger partial charge on any atom is 0.226 e. The quantitative estimate of drug-likeness (QED) is 0.765. The smallest absolute Gasteiger partial charge is 0.226 e. The van der Waals surface area contributed by atoms with Gasteiger partial charge in [0.2, 0.25) is 5.91 Å². The number of hydrogen-bond acceptors (Lipinski definition) is 6. The summed E-state index contributed by atoms with van der Waals surface area (Å²) in [5.74, 6) is 1.17. The van der Waals surface area contributed by atoms with E-state index in [9.17, 15) is 4.79 Å². The van der Waals surface area contributed by atoms with E-state index in [4.69, 9.17) is 4.74 Å². The van der Waals surface area contributed by atoms with Crippen LogP contribution >= 0.6 is 0 Å². The van der Waals surface area contributed by atoms with Crippen LogP contribution in [0.4, 0.5) is 5.82 Å². The lowest BCUT2D eigenvalue weighted by Gasteiger charge is -2.35. The molecule has 1 unspecified atom stereocenters. The maximum atomic E-state index is 13.3. The van der Waals surface area contributed by atoms with Crippen LogP contribution in [0.5, 0.6) is 0 Å². The maximum absolute atomic E-state index is 13.3. The molecule has 0 bridgehead atoms. The minimum atomic E-state index is 0.0472. The zero-order valence-electron chi connectivity index (χ0n) is 16.1. The van der Waals surface area contributed by atoms with Crippen molar-refractivity contribution < 1.29 is 9.53 Å². The summed E-state index contributed by atoms with van der Waals surface area (Å²) in [6, 6.07) is 3.95. The van der Waals surface area contributed by atoms with E-state index >= 15 is 0 Å². The van der Waals surface area contributed by atoms with Gasteiger partial charge in [0.15, 0.2) is 0 Å². The van der Waals surface area contributed by atoms with Crippen molar-refractivity contribution in [1.82, 2.24) is 19.9 Å². The number of amides is 1. The zero-order chi connectivity index (χ0) is 19.2. The van der Waals surface area contributed by atoms with Gasteiger partial charge in [-0.05, 0) is 37.3 Å². The molecule has 2 aliphatic rings. The van der Waals surface area contributed by atoms with Crippen LogP contribution < -0.4 is 4.90 Å². The van der Waals surface area contributed by atoms with Gasteiger partial charge in [0, 0.05) is 63.5 Å². The molecule has 0 aromatic carbocycles. The molecule has 1 amide bonds. The first kappa shape index (κ1) is 18.8. The zero-order valence-corrected chi connectivity index (χ0v) is 16.1.